The highest BCUT2D eigenvalue weighted by atomic mass is 31.2. The van der Waals surface area contributed by atoms with Gasteiger partial charge in [-0.15, -0.1) is 0 Å². The van der Waals surface area contributed by atoms with Crippen LogP contribution in [-0.2, 0) is 18.3 Å². The van der Waals surface area contributed by atoms with Crippen LogP contribution in [0.1, 0.15) is 13.8 Å². The van der Waals surface area contributed by atoms with E-state index in [1.54, 1.807) is 13.8 Å². The molecule has 1 saturated heterocycles. The first kappa shape index (κ1) is 19.0. The topological polar surface area (TPSA) is 152 Å². The number of rotatable bonds is 7. The van der Waals surface area contributed by atoms with Crippen molar-refractivity contribution in [1.82, 2.24) is 0 Å². The molecule has 3 unspecified atom stereocenters. The van der Waals surface area contributed by atoms with Gasteiger partial charge in [0.2, 0.25) is 0 Å². The molecule has 1 rings (SSSR count). The Hall–Kier alpha value is -0.0900. The number of phosphoric ester groups is 1. The molecule has 0 saturated carbocycles. The summed E-state index contributed by atoms with van der Waals surface area (Å²) < 4.78 is 26.8. The summed E-state index contributed by atoms with van der Waals surface area (Å²) in [6.07, 6.45) is -5.98. The Kier molecular flexibility index (Phi) is 7.18. The quantitative estimate of drug-likeness (QED) is 0.354. The van der Waals surface area contributed by atoms with Crippen LogP contribution >= 0.6 is 7.82 Å². The zero-order chi connectivity index (χ0) is 16.2. The Morgan fingerprint density at radius 2 is 1.95 bits per heavy atom. The minimum Gasteiger partial charge on any atom is -0.394 e. The van der Waals surface area contributed by atoms with Crippen LogP contribution in [0.3, 0.4) is 0 Å². The zero-order valence-electron chi connectivity index (χ0n) is 12.0. The van der Waals surface area contributed by atoms with E-state index >= 15 is 0 Å². The lowest BCUT2D eigenvalue weighted by atomic mass is 9.89. The van der Waals surface area contributed by atoms with Crippen molar-refractivity contribution in [2.24, 2.45) is 11.7 Å². The van der Waals surface area contributed by atoms with Crippen molar-refractivity contribution in [2.75, 3.05) is 19.8 Å². The predicted octanol–water partition coefficient (Wildman–Crippen LogP) is -1.42. The second-order valence-corrected chi connectivity index (χ2v) is 6.61. The minimum atomic E-state index is -4.44. The molecule has 1 aliphatic rings. The summed E-state index contributed by atoms with van der Waals surface area (Å²) in [5, 5.41) is 29.0. The van der Waals surface area contributed by atoms with Crippen LogP contribution in [0.2, 0.25) is 0 Å². The van der Waals surface area contributed by atoms with Crippen LogP contribution in [0.5, 0.6) is 0 Å². The van der Waals surface area contributed by atoms with Gasteiger partial charge in [0.05, 0.1) is 19.3 Å². The van der Waals surface area contributed by atoms with Gasteiger partial charge in [-0.1, -0.05) is 13.8 Å². The van der Waals surface area contributed by atoms with Gasteiger partial charge in [-0.3, -0.25) is 9.05 Å². The van der Waals surface area contributed by atoms with E-state index in [4.69, 9.17) is 20.1 Å². The van der Waals surface area contributed by atoms with Crippen LogP contribution in [0, 0.1) is 5.92 Å². The molecular formula is C11H24NO8P. The van der Waals surface area contributed by atoms with Crippen LogP contribution < -0.4 is 5.73 Å². The molecule has 6 atom stereocenters. The van der Waals surface area contributed by atoms with E-state index in [9.17, 15) is 19.7 Å². The fourth-order valence-corrected chi connectivity index (χ4v) is 3.08. The Morgan fingerprint density at radius 1 is 1.33 bits per heavy atom. The Bertz CT molecular complexity index is 368. The van der Waals surface area contributed by atoms with Gasteiger partial charge >= 0.3 is 7.82 Å². The number of hydrogen-bond acceptors (Lipinski definition) is 8. The number of phosphoric acid groups is 1. The Morgan fingerprint density at radius 3 is 2.43 bits per heavy atom. The average molecular weight is 329 g/mol. The van der Waals surface area contributed by atoms with Gasteiger partial charge in [-0.25, -0.2) is 4.57 Å². The molecule has 0 aromatic heterocycles. The molecule has 0 spiro atoms. The molecule has 0 aliphatic carbocycles. The summed E-state index contributed by atoms with van der Waals surface area (Å²) in [7, 11) is -4.44. The number of hydrogen-bond donors (Lipinski definition) is 5. The van der Waals surface area contributed by atoms with E-state index in [0.29, 0.717) is 0 Å². The predicted molar refractivity (Wildman–Crippen MR) is 72.3 cm³/mol. The number of ether oxygens (including phenoxy) is 1. The van der Waals surface area contributed by atoms with Crippen molar-refractivity contribution < 1.29 is 38.6 Å². The fourth-order valence-electron chi connectivity index (χ4n) is 2.13. The van der Waals surface area contributed by atoms with Gasteiger partial charge in [0.25, 0.3) is 0 Å². The summed E-state index contributed by atoms with van der Waals surface area (Å²) in [4.78, 5) is 9.58. The van der Waals surface area contributed by atoms with Crippen molar-refractivity contribution in [3.63, 3.8) is 0 Å². The third-order valence-corrected chi connectivity index (χ3v) is 4.21. The summed E-state index contributed by atoms with van der Waals surface area (Å²) in [6, 6.07) is 0. The van der Waals surface area contributed by atoms with E-state index in [2.05, 4.69) is 4.52 Å². The second-order valence-electron chi connectivity index (χ2n) is 5.21. The van der Waals surface area contributed by atoms with Crippen LogP contribution in [-0.4, -0.2) is 70.5 Å². The second kappa shape index (κ2) is 7.96. The van der Waals surface area contributed by atoms with Crippen molar-refractivity contribution in [3.8, 4) is 0 Å². The first-order chi connectivity index (χ1) is 9.73. The van der Waals surface area contributed by atoms with Gasteiger partial charge in [-0.2, -0.15) is 0 Å². The van der Waals surface area contributed by atoms with Crippen molar-refractivity contribution in [3.05, 3.63) is 0 Å². The number of aliphatic hydroxyl groups is 3. The molecule has 6 N–H and O–H groups in total. The Labute approximate surface area is 123 Å². The molecule has 1 heterocycles. The van der Waals surface area contributed by atoms with Crippen molar-refractivity contribution >= 4 is 7.82 Å². The maximum Gasteiger partial charge on any atom is 0.472 e. The average Bonchev–Trinajstić information content (AvgIpc) is 2.41. The highest BCUT2D eigenvalue weighted by molar-refractivity contribution is 7.47. The van der Waals surface area contributed by atoms with Crippen molar-refractivity contribution in [2.45, 2.75) is 44.4 Å². The van der Waals surface area contributed by atoms with Crippen LogP contribution in [0.4, 0.5) is 0 Å². The van der Waals surface area contributed by atoms with Gasteiger partial charge in [0.1, 0.15) is 24.4 Å². The maximum absolute atomic E-state index is 11.8. The summed E-state index contributed by atoms with van der Waals surface area (Å²) >= 11 is 0. The molecule has 0 aromatic rings. The smallest absolute Gasteiger partial charge is 0.394 e. The van der Waals surface area contributed by atoms with E-state index in [1.165, 1.54) is 0 Å². The lowest BCUT2D eigenvalue weighted by Gasteiger charge is -2.43. The normalized spacial score (nSPS) is 36.7. The molecule has 0 bridgehead atoms. The molecule has 21 heavy (non-hydrogen) atoms. The molecule has 0 radical (unpaired) electrons. The molecule has 126 valence electrons. The van der Waals surface area contributed by atoms with Gasteiger partial charge in [0.15, 0.2) is 0 Å². The lowest BCUT2D eigenvalue weighted by Crippen LogP contribution is -2.60. The summed E-state index contributed by atoms with van der Waals surface area (Å²) in [5.74, 6) is -0.194. The van der Waals surface area contributed by atoms with E-state index in [0.717, 1.165) is 0 Å². The Balaban J connectivity index is 2.87. The molecule has 1 fully saturated rings. The van der Waals surface area contributed by atoms with Crippen LogP contribution in [0.25, 0.3) is 0 Å². The first-order valence-electron chi connectivity index (χ1n) is 6.71. The third kappa shape index (κ3) is 4.95. The molecule has 10 heteroatoms. The fraction of sp³-hybridized carbons (Fsp3) is 1.00. The van der Waals surface area contributed by atoms with E-state index in [1.807, 2.05) is 0 Å². The van der Waals surface area contributed by atoms with Crippen molar-refractivity contribution in [1.29, 1.82) is 0 Å². The molecule has 1 aliphatic heterocycles. The highest BCUT2D eigenvalue weighted by Gasteiger charge is 2.48. The summed E-state index contributed by atoms with van der Waals surface area (Å²) in [5.41, 5.74) is 5.18. The van der Waals surface area contributed by atoms with Gasteiger partial charge in [-0.05, 0) is 5.92 Å². The molecule has 0 amide bonds. The van der Waals surface area contributed by atoms with Gasteiger partial charge in [0, 0.05) is 6.54 Å². The molecule has 0 aromatic carbocycles. The number of aliphatic hydroxyl groups excluding tert-OH is 3. The zero-order valence-corrected chi connectivity index (χ0v) is 12.9. The minimum absolute atomic E-state index is 0.0282. The standard InChI is InChI=1S/C11H24NO8P/c1-6(2)10-11(20-21(16,17)18-4-3-12)9(15)8(14)7(5-13)19-10/h6-11,13-15H,3-5,12H2,1-2H3,(H,16,17)/t7?,8-,9-,10-,11?/m1/s1. The molecule has 9 nitrogen and oxygen atoms in total. The summed E-state index contributed by atoms with van der Waals surface area (Å²) in [6.45, 7) is 2.85. The lowest BCUT2D eigenvalue weighted by molar-refractivity contribution is -0.235. The highest BCUT2D eigenvalue weighted by Crippen LogP contribution is 2.47. The van der Waals surface area contributed by atoms with E-state index < -0.39 is 44.9 Å². The SMILES string of the molecule is CC(C)[C@H]1OC(CO)[C@@H](O)[C@@H](O)C1OP(=O)(O)OCCN. The van der Waals surface area contributed by atoms with Gasteiger partial charge < -0.3 is 30.7 Å². The first-order valence-corrected chi connectivity index (χ1v) is 8.21. The number of nitrogens with two attached hydrogens (primary N) is 1. The third-order valence-electron chi connectivity index (χ3n) is 3.19. The maximum atomic E-state index is 11.8. The van der Waals surface area contributed by atoms with Crippen LogP contribution in [0.15, 0.2) is 0 Å². The monoisotopic (exact) mass is 329 g/mol. The molecular weight excluding hydrogens is 305 g/mol. The van der Waals surface area contributed by atoms with E-state index in [-0.39, 0.29) is 19.1 Å². The largest absolute Gasteiger partial charge is 0.472 e.